The van der Waals surface area contributed by atoms with Gasteiger partial charge in [0.1, 0.15) is 0 Å². The van der Waals surface area contributed by atoms with Crippen molar-refractivity contribution in [3.63, 3.8) is 0 Å². The second kappa shape index (κ2) is 6.29. The third-order valence-corrected chi connectivity index (χ3v) is 2.52. The molecule has 5 heteroatoms. The summed E-state index contributed by atoms with van der Waals surface area (Å²) in [4.78, 5) is 0. The zero-order valence-electron chi connectivity index (χ0n) is 12.1. The fourth-order valence-electron chi connectivity index (χ4n) is 1.44. The van der Waals surface area contributed by atoms with E-state index in [1.54, 1.807) is 10.9 Å². The van der Waals surface area contributed by atoms with Gasteiger partial charge in [-0.15, -0.1) is 5.10 Å². The summed E-state index contributed by atoms with van der Waals surface area (Å²) >= 11 is 0. The molecule has 18 heavy (non-hydrogen) atoms. The van der Waals surface area contributed by atoms with Crippen LogP contribution >= 0.6 is 0 Å². The first-order valence-electron chi connectivity index (χ1n) is 6.41. The Hall–Kier alpha value is -0.940. The standard InChI is InChI=1S/C13H25N3O2/c1-12(2,3)17-10-6-13(4,5)18-11-9-16-8-7-14-15-16/h7-8H,6,9-11H2,1-5H3. The van der Waals surface area contributed by atoms with Crippen LogP contribution in [0, 0.1) is 0 Å². The van der Waals surface area contributed by atoms with E-state index in [2.05, 4.69) is 44.9 Å². The van der Waals surface area contributed by atoms with E-state index in [4.69, 9.17) is 9.47 Å². The van der Waals surface area contributed by atoms with Crippen LogP contribution in [0.5, 0.6) is 0 Å². The Morgan fingerprint density at radius 3 is 2.33 bits per heavy atom. The van der Waals surface area contributed by atoms with Crippen molar-refractivity contribution in [3.05, 3.63) is 12.4 Å². The van der Waals surface area contributed by atoms with Gasteiger partial charge in [-0.05, 0) is 41.0 Å². The lowest BCUT2D eigenvalue weighted by molar-refractivity contribution is -0.0686. The van der Waals surface area contributed by atoms with Crippen molar-refractivity contribution in [1.29, 1.82) is 0 Å². The SMILES string of the molecule is CC(C)(C)OCCC(C)(C)OCCn1ccnn1. The maximum Gasteiger partial charge on any atom is 0.0692 e. The van der Waals surface area contributed by atoms with E-state index in [-0.39, 0.29) is 11.2 Å². The smallest absolute Gasteiger partial charge is 0.0692 e. The highest BCUT2D eigenvalue weighted by Gasteiger charge is 2.20. The summed E-state index contributed by atoms with van der Waals surface area (Å²) in [6.45, 7) is 12.4. The van der Waals surface area contributed by atoms with E-state index in [9.17, 15) is 0 Å². The Balaban J connectivity index is 2.18. The molecule has 0 radical (unpaired) electrons. The zero-order valence-corrected chi connectivity index (χ0v) is 12.1. The fourth-order valence-corrected chi connectivity index (χ4v) is 1.44. The first-order valence-corrected chi connectivity index (χ1v) is 6.41. The molecule has 1 rings (SSSR count). The lowest BCUT2D eigenvalue weighted by Crippen LogP contribution is -2.30. The third kappa shape index (κ3) is 6.71. The summed E-state index contributed by atoms with van der Waals surface area (Å²) in [7, 11) is 0. The molecule has 0 bridgehead atoms. The molecule has 5 nitrogen and oxygen atoms in total. The second-order valence-electron chi connectivity index (χ2n) is 5.99. The molecule has 1 heterocycles. The molecule has 0 spiro atoms. The van der Waals surface area contributed by atoms with Crippen LogP contribution in [0.15, 0.2) is 12.4 Å². The van der Waals surface area contributed by atoms with Crippen LogP contribution in [0.1, 0.15) is 41.0 Å². The minimum Gasteiger partial charge on any atom is -0.376 e. The lowest BCUT2D eigenvalue weighted by atomic mass is 10.1. The number of hydrogen-bond donors (Lipinski definition) is 0. The van der Waals surface area contributed by atoms with Gasteiger partial charge in [0.05, 0.1) is 30.6 Å². The molecule has 0 aromatic carbocycles. The van der Waals surface area contributed by atoms with Crippen molar-refractivity contribution in [1.82, 2.24) is 15.0 Å². The Bertz CT molecular complexity index is 329. The predicted molar refractivity (Wildman–Crippen MR) is 70.4 cm³/mol. The van der Waals surface area contributed by atoms with Gasteiger partial charge < -0.3 is 9.47 Å². The van der Waals surface area contributed by atoms with Crippen molar-refractivity contribution in [2.75, 3.05) is 13.2 Å². The van der Waals surface area contributed by atoms with E-state index < -0.39 is 0 Å². The fraction of sp³-hybridized carbons (Fsp3) is 0.846. The third-order valence-electron chi connectivity index (χ3n) is 2.52. The molecule has 0 aliphatic heterocycles. The molecule has 0 saturated carbocycles. The molecule has 0 unspecified atom stereocenters. The van der Waals surface area contributed by atoms with Crippen LogP contribution in [-0.4, -0.2) is 39.4 Å². The highest BCUT2D eigenvalue weighted by atomic mass is 16.5. The van der Waals surface area contributed by atoms with Crippen molar-refractivity contribution >= 4 is 0 Å². The second-order valence-corrected chi connectivity index (χ2v) is 5.99. The van der Waals surface area contributed by atoms with E-state index >= 15 is 0 Å². The normalized spacial score (nSPS) is 12.9. The monoisotopic (exact) mass is 255 g/mol. The first kappa shape index (κ1) is 15.1. The van der Waals surface area contributed by atoms with Crippen LogP contribution in [0.2, 0.25) is 0 Å². The van der Waals surface area contributed by atoms with E-state index in [0.717, 1.165) is 13.0 Å². The zero-order chi connectivity index (χ0) is 13.6. The van der Waals surface area contributed by atoms with Gasteiger partial charge in [-0.25, -0.2) is 0 Å². The number of nitrogens with zero attached hydrogens (tertiary/aromatic N) is 3. The minimum atomic E-state index is -0.175. The molecule has 0 fully saturated rings. The molecule has 1 aromatic heterocycles. The van der Waals surface area contributed by atoms with Crippen LogP contribution in [0.4, 0.5) is 0 Å². The summed E-state index contributed by atoms with van der Waals surface area (Å²) < 4.78 is 13.3. The van der Waals surface area contributed by atoms with Crippen LogP contribution in [-0.2, 0) is 16.0 Å². The number of rotatable bonds is 7. The molecule has 0 aliphatic rings. The Labute approximate surface area is 109 Å². The van der Waals surface area contributed by atoms with Crippen LogP contribution in [0.3, 0.4) is 0 Å². The topological polar surface area (TPSA) is 49.2 Å². The van der Waals surface area contributed by atoms with Crippen molar-refractivity contribution < 1.29 is 9.47 Å². The van der Waals surface area contributed by atoms with Crippen molar-refractivity contribution in [2.24, 2.45) is 0 Å². The molecule has 0 N–H and O–H groups in total. The van der Waals surface area contributed by atoms with Gasteiger partial charge in [-0.1, -0.05) is 5.21 Å². The molecular weight excluding hydrogens is 230 g/mol. The average Bonchev–Trinajstić information content (AvgIpc) is 2.67. The van der Waals surface area contributed by atoms with Crippen LogP contribution < -0.4 is 0 Å². The molecule has 0 aliphatic carbocycles. The van der Waals surface area contributed by atoms with Gasteiger partial charge in [0.15, 0.2) is 0 Å². The van der Waals surface area contributed by atoms with Crippen LogP contribution in [0.25, 0.3) is 0 Å². The minimum absolute atomic E-state index is 0.0865. The first-order chi connectivity index (χ1) is 8.29. The number of hydrogen-bond acceptors (Lipinski definition) is 4. The van der Waals surface area contributed by atoms with Gasteiger partial charge in [0.25, 0.3) is 0 Å². The molecule has 0 atom stereocenters. The average molecular weight is 255 g/mol. The van der Waals surface area contributed by atoms with Gasteiger partial charge in [0, 0.05) is 12.8 Å². The number of ether oxygens (including phenoxy) is 2. The maximum atomic E-state index is 5.85. The predicted octanol–water partition coefficient (Wildman–Crippen LogP) is 2.28. The van der Waals surface area contributed by atoms with Crippen molar-refractivity contribution in [3.8, 4) is 0 Å². The highest BCUT2D eigenvalue weighted by molar-refractivity contribution is 4.70. The maximum absolute atomic E-state index is 5.85. The summed E-state index contributed by atoms with van der Waals surface area (Å²) in [6.07, 6.45) is 4.38. The summed E-state index contributed by atoms with van der Waals surface area (Å²) in [5, 5.41) is 7.64. The molecular formula is C13H25N3O2. The Morgan fingerprint density at radius 1 is 1.06 bits per heavy atom. The Kier molecular flexibility index (Phi) is 5.28. The summed E-state index contributed by atoms with van der Waals surface area (Å²) in [5.74, 6) is 0. The summed E-state index contributed by atoms with van der Waals surface area (Å²) in [6, 6.07) is 0. The van der Waals surface area contributed by atoms with Gasteiger partial charge >= 0.3 is 0 Å². The Morgan fingerprint density at radius 2 is 1.78 bits per heavy atom. The van der Waals surface area contributed by atoms with E-state index in [1.165, 1.54) is 0 Å². The van der Waals surface area contributed by atoms with E-state index in [1.807, 2.05) is 6.20 Å². The molecule has 104 valence electrons. The largest absolute Gasteiger partial charge is 0.376 e. The van der Waals surface area contributed by atoms with Gasteiger partial charge in [0.2, 0.25) is 0 Å². The quantitative estimate of drug-likeness (QED) is 0.750. The molecule has 0 saturated heterocycles. The molecule has 0 amide bonds. The highest BCUT2D eigenvalue weighted by Crippen LogP contribution is 2.17. The van der Waals surface area contributed by atoms with Gasteiger partial charge in [-0.2, -0.15) is 0 Å². The lowest BCUT2D eigenvalue weighted by Gasteiger charge is -2.27. The van der Waals surface area contributed by atoms with E-state index in [0.29, 0.717) is 13.2 Å². The molecule has 1 aromatic rings. The van der Waals surface area contributed by atoms with Gasteiger partial charge in [-0.3, -0.25) is 4.68 Å². The number of aromatic nitrogens is 3. The summed E-state index contributed by atoms with van der Waals surface area (Å²) in [5.41, 5.74) is -0.261. The van der Waals surface area contributed by atoms with Crippen molar-refractivity contribution in [2.45, 2.75) is 58.8 Å².